The molecule has 0 amide bonds. The van der Waals surface area contributed by atoms with E-state index in [0.717, 1.165) is 6.42 Å². The van der Waals surface area contributed by atoms with Crippen LogP contribution in [0.2, 0.25) is 0 Å². The lowest BCUT2D eigenvalue weighted by Crippen LogP contribution is -1.87. The summed E-state index contributed by atoms with van der Waals surface area (Å²) in [4.78, 5) is 10.7. The summed E-state index contributed by atoms with van der Waals surface area (Å²) in [6, 6.07) is 0. The average molecular weight is 343 g/mol. The summed E-state index contributed by atoms with van der Waals surface area (Å²) in [5, 5.41) is 0.0430. The zero-order valence-corrected chi connectivity index (χ0v) is 16.7. The van der Waals surface area contributed by atoms with Crippen LogP contribution in [0.5, 0.6) is 0 Å². The molecule has 0 N–H and O–H groups in total. The first kappa shape index (κ1) is 23.0. The lowest BCUT2D eigenvalue weighted by Gasteiger charge is -2.03. The van der Waals surface area contributed by atoms with Crippen molar-refractivity contribution in [2.45, 2.75) is 129 Å². The van der Waals surface area contributed by atoms with Crippen molar-refractivity contribution in [2.24, 2.45) is 0 Å². The summed E-state index contributed by atoms with van der Waals surface area (Å²) >= 11 is 3.79. The van der Waals surface area contributed by atoms with Crippen molar-refractivity contribution in [3.05, 3.63) is 0 Å². The number of unbranched alkanes of at least 4 members (excludes halogenated alkanes) is 17. The highest BCUT2D eigenvalue weighted by Gasteiger charge is 1.96. The van der Waals surface area contributed by atoms with Crippen molar-refractivity contribution in [3.8, 4) is 0 Å². The Hall–Kier alpha value is 0.0200. The molecule has 1 nitrogen and oxygen atoms in total. The van der Waals surface area contributed by atoms with Gasteiger partial charge < -0.3 is 0 Å². The van der Waals surface area contributed by atoms with Gasteiger partial charge >= 0.3 is 0 Å². The third kappa shape index (κ3) is 22.0. The summed E-state index contributed by atoms with van der Waals surface area (Å²) < 4.78 is 0. The van der Waals surface area contributed by atoms with Crippen LogP contribution in [0.1, 0.15) is 129 Å². The fraction of sp³-hybridized carbons (Fsp3) is 0.952. The van der Waals surface area contributed by atoms with Crippen molar-refractivity contribution in [1.82, 2.24) is 0 Å². The molecule has 0 aromatic rings. The Kier molecular flexibility index (Phi) is 20.1. The molecule has 0 unspecified atom stereocenters. The lowest BCUT2D eigenvalue weighted by atomic mass is 10.0. The van der Waals surface area contributed by atoms with E-state index in [2.05, 4.69) is 19.6 Å². The Morgan fingerprint density at radius 2 is 0.783 bits per heavy atom. The van der Waals surface area contributed by atoms with Crippen molar-refractivity contribution in [2.75, 3.05) is 0 Å². The molecule has 0 aromatic heterocycles. The normalized spacial score (nSPS) is 11.0. The predicted octanol–water partition coefficient (Wildman–Crippen LogP) is 7.87. The number of thiol groups is 1. The highest BCUT2D eigenvalue weighted by atomic mass is 32.1. The molecule has 2 heteroatoms. The van der Waals surface area contributed by atoms with E-state index in [1.807, 2.05) is 0 Å². The highest BCUT2D eigenvalue weighted by Crippen LogP contribution is 2.14. The number of hydrogen-bond donors (Lipinski definition) is 1. The minimum atomic E-state index is 0.0430. The zero-order valence-electron chi connectivity index (χ0n) is 15.8. The summed E-state index contributed by atoms with van der Waals surface area (Å²) in [7, 11) is 0. The molecule has 0 aliphatic heterocycles. The van der Waals surface area contributed by atoms with Crippen LogP contribution >= 0.6 is 12.6 Å². The van der Waals surface area contributed by atoms with E-state index >= 15 is 0 Å². The molecule has 0 aliphatic rings. The minimum Gasteiger partial charge on any atom is -0.288 e. The first-order valence-corrected chi connectivity index (χ1v) is 10.9. The standard InChI is InChI=1S/C21H42OS/c1-2-3-4-5-6-7-8-9-10-11-12-13-14-15-16-17-18-19-20-21(22)23/h2-20H2,1H3,(H,22,23). The number of carbonyl (C=O) groups excluding carboxylic acids is 1. The van der Waals surface area contributed by atoms with Crippen LogP contribution in [0.4, 0.5) is 0 Å². The molecule has 0 aliphatic carbocycles. The summed E-state index contributed by atoms with van der Waals surface area (Å²) in [6.07, 6.45) is 25.6. The van der Waals surface area contributed by atoms with E-state index in [4.69, 9.17) is 0 Å². The fourth-order valence-corrected chi connectivity index (χ4v) is 3.34. The largest absolute Gasteiger partial charge is 0.288 e. The van der Waals surface area contributed by atoms with Crippen LogP contribution in [-0.4, -0.2) is 5.12 Å². The van der Waals surface area contributed by atoms with Gasteiger partial charge in [0.1, 0.15) is 0 Å². The molecular formula is C21H42OS. The van der Waals surface area contributed by atoms with Crippen LogP contribution in [-0.2, 0) is 4.79 Å². The van der Waals surface area contributed by atoms with Crippen molar-refractivity contribution < 1.29 is 4.79 Å². The molecule has 0 atom stereocenters. The Morgan fingerprint density at radius 3 is 1.04 bits per heavy atom. The van der Waals surface area contributed by atoms with Gasteiger partial charge in [0.25, 0.3) is 0 Å². The first-order chi connectivity index (χ1) is 11.3. The molecule has 0 heterocycles. The summed E-state index contributed by atoms with van der Waals surface area (Å²) in [5.74, 6) is 0. The number of rotatable bonds is 19. The van der Waals surface area contributed by atoms with Gasteiger partial charge in [0, 0.05) is 6.42 Å². The summed E-state index contributed by atoms with van der Waals surface area (Å²) in [5.41, 5.74) is 0. The number of hydrogen-bond acceptors (Lipinski definition) is 1. The van der Waals surface area contributed by atoms with Crippen LogP contribution in [0.15, 0.2) is 0 Å². The first-order valence-electron chi connectivity index (χ1n) is 10.5. The van der Waals surface area contributed by atoms with Crippen molar-refractivity contribution in [3.63, 3.8) is 0 Å². The SMILES string of the molecule is CCCCCCCCCCCCCCCCCCCCC(=O)S. The molecule has 0 saturated heterocycles. The monoisotopic (exact) mass is 342 g/mol. The quantitative estimate of drug-likeness (QED) is 0.187. The molecule has 23 heavy (non-hydrogen) atoms. The third-order valence-corrected chi connectivity index (χ3v) is 4.97. The van der Waals surface area contributed by atoms with Gasteiger partial charge in [0.15, 0.2) is 5.12 Å². The molecule has 138 valence electrons. The minimum absolute atomic E-state index is 0.0430. The van der Waals surface area contributed by atoms with Crippen molar-refractivity contribution >= 4 is 17.7 Å². The number of carbonyl (C=O) groups is 1. The molecule has 0 rings (SSSR count). The molecule has 0 bridgehead atoms. The molecule has 0 aromatic carbocycles. The van der Waals surface area contributed by atoms with Crippen LogP contribution in [0.25, 0.3) is 0 Å². The Labute approximate surface area is 151 Å². The Bertz CT molecular complexity index is 240. The van der Waals surface area contributed by atoms with Crippen molar-refractivity contribution in [1.29, 1.82) is 0 Å². The maximum atomic E-state index is 10.7. The Balaban J connectivity index is 2.96. The van der Waals surface area contributed by atoms with Gasteiger partial charge in [0.2, 0.25) is 0 Å². The van der Waals surface area contributed by atoms with Crippen LogP contribution in [0.3, 0.4) is 0 Å². The molecule has 0 radical (unpaired) electrons. The second kappa shape index (κ2) is 20.1. The van der Waals surface area contributed by atoms with Crippen LogP contribution < -0.4 is 0 Å². The van der Waals surface area contributed by atoms with Gasteiger partial charge in [-0.3, -0.25) is 4.79 Å². The second-order valence-electron chi connectivity index (χ2n) is 7.15. The fourth-order valence-electron chi connectivity index (χ4n) is 3.18. The van der Waals surface area contributed by atoms with E-state index in [9.17, 15) is 4.79 Å². The third-order valence-electron chi connectivity index (χ3n) is 4.74. The second-order valence-corrected chi connectivity index (χ2v) is 7.65. The maximum absolute atomic E-state index is 10.7. The average Bonchev–Trinajstić information content (AvgIpc) is 2.53. The molecule has 0 spiro atoms. The lowest BCUT2D eigenvalue weighted by molar-refractivity contribution is -0.110. The van der Waals surface area contributed by atoms with Gasteiger partial charge in [-0.15, -0.1) is 12.6 Å². The maximum Gasteiger partial charge on any atom is 0.185 e. The van der Waals surface area contributed by atoms with Gasteiger partial charge in [-0.1, -0.05) is 116 Å². The smallest absolute Gasteiger partial charge is 0.185 e. The van der Waals surface area contributed by atoms with E-state index in [1.165, 1.54) is 109 Å². The Morgan fingerprint density at radius 1 is 0.522 bits per heavy atom. The topological polar surface area (TPSA) is 17.1 Å². The highest BCUT2D eigenvalue weighted by molar-refractivity contribution is 7.96. The van der Waals surface area contributed by atoms with E-state index in [-0.39, 0.29) is 5.12 Å². The van der Waals surface area contributed by atoms with E-state index in [1.54, 1.807) is 0 Å². The molecule has 0 fully saturated rings. The predicted molar refractivity (Wildman–Crippen MR) is 107 cm³/mol. The summed E-state index contributed by atoms with van der Waals surface area (Å²) in [6.45, 7) is 2.29. The van der Waals surface area contributed by atoms with Crippen LogP contribution in [0, 0.1) is 0 Å². The van der Waals surface area contributed by atoms with Gasteiger partial charge in [-0.2, -0.15) is 0 Å². The van der Waals surface area contributed by atoms with Gasteiger partial charge in [0.05, 0.1) is 0 Å². The van der Waals surface area contributed by atoms with E-state index < -0.39 is 0 Å². The van der Waals surface area contributed by atoms with E-state index in [0.29, 0.717) is 6.42 Å². The molecule has 0 saturated carbocycles. The zero-order chi connectivity index (χ0) is 17.0. The van der Waals surface area contributed by atoms with Gasteiger partial charge in [-0.25, -0.2) is 0 Å². The molecular weight excluding hydrogens is 300 g/mol. The van der Waals surface area contributed by atoms with Gasteiger partial charge in [-0.05, 0) is 6.42 Å².